The van der Waals surface area contributed by atoms with Crippen molar-refractivity contribution in [3.05, 3.63) is 23.8 Å². The molecule has 2 unspecified atom stereocenters. The van der Waals surface area contributed by atoms with Crippen LogP contribution in [0.3, 0.4) is 0 Å². The van der Waals surface area contributed by atoms with Crippen molar-refractivity contribution in [2.75, 3.05) is 20.2 Å². The van der Waals surface area contributed by atoms with E-state index in [2.05, 4.69) is 23.5 Å². The van der Waals surface area contributed by atoms with Crippen LogP contribution in [0.15, 0.2) is 23.1 Å². The fourth-order valence-corrected chi connectivity index (χ4v) is 3.38. The van der Waals surface area contributed by atoms with Crippen molar-refractivity contribution >= 4 is 10.0 Å². The Morgan fingerprint density at radius 2 is 2.19 bits per heavy atom. The highest BCUT2D eigenvalue weighted by atomic mass is 32.2. The molecule has 1 saturated carbocycles. The molecule has 0 amide bonds. The highest BCUT2D eigenvalue weighted by molar-refractivity contribution is 7.89. The summed E-state index contributed by atoms with van der Waals surface area (Å²) < 4.78 is 32.6. The lowest BCUT2D eigenvalue weighted by Crippen LogP contribution is -2.26. The van der Waals surface area contributed by atoms with Gasteiger partial charge in [-0.05, 0) is 36.5 Å². The average Bonchev–Trinajstić information content (AvgIpc) is 3.18. The van der Waals surface area contributed by atoms with E-state index in [1.54, 1.807) is 12.1 Å². The van der Waals surface area contributed by atoms with E-state index in [-0.39, 0.29) is 11.4 Å². The third-order valence-electron chi connectivity index (χ3n) is 3.60. The quantitative estimate of drug-likeness (QED) is 0.793. The fraction of sp³-hybridized carbons (Fsp3) is 0.467. The van der Waals surface area contributed by atoms with Crippen molar-refractivity contribution in [3.63, 3.8) is 0 Å². The first-order chi connectivity index (χ1) is 9.97. The number of nitrogens with two attached hydrogens (primary N) is 1. The number of rotatable bonds is 5. The van der Waals surface area contributed by atoms with Gasteiger partial charge in [0.25, 0.3) is 0 Å². The highest BCUT2D eigenvalue weighted by Crippen LogP contribution is 2.37. The molecule has 21 heavy (non-hydrogen) atoms. The Morgan fingerprint density at radius 1 is 1.48 bits per heavy atom. The predicted octanol–water partition coefficient (Wildman–Crippen LogP) is 0.940. The first-order valence-electron chi connectivity index (χ1n) is 6.84. The van der Waals surface area contributed by atoms with Crippen LogP contribution in [0.1, 0.15) is 18.9 Å². The Bertz CT molecular complexity index is 674. The Labute approximate surface area is 125 Å². The van der Waals surface area contributed by atoms with Gasteiger partial charge in [-0.15, -0.1) is 0 Å². The fourth-order valence-electron chi connectivity index (χ4n) is 2.10. The molecular weight excluding hydrogens is 288 g/mol. The summed E-state index contributed by atoms with van der Waals surface area (Å²) in [6.07, 6.45) is 1.07. The summed E-state index contributed by atoms with van der Waals surface area (Å²) in [5.41, 5.74) is 5.93. The molecule has 0 aliphatic heterocycles. The molecule has 0 saturated heterocycles. The minimum Gasteiger partial charge on any atom is -0.495 e. The van der Waals surface area contributed by atoms with Gasteiger partial charge in [-0.2, -0.15) is 0 Å². The van der Waals surface area contributed by atoms with Crippen molar-refractivity contribution in [3.8, 4) is 17.6 Å². The molecule has 0 bridgehead atoms. The third-order valence-corrected chi connectivity index (χ3v) is 5.04. The molecule has 0 spiro atoms. The third kappa shape index (κ3) is 3.97. The lowest BCUT2D eigenvalue weighted by molar-refractivity contribution is 0.402. The van der Waals surface area contributed by atoms with E-state index in [9.17, 15) is 8.42 Å². The van der Waals surface area contributed by atoms with Crippen LogP contribution in [0.4, 0.5) is 0 Å². The second-order valence-corrected chi connectivity index (χ2v) is 6.93. The van der Waals surface area contributed by atoms with E-state index in [0.717, 1.165) is 6.42 Å². The number of benzene rings is 1. The van der Waals surface area contributed by atoms with E-state index in [4.69, 9.17) is 10.5 Å². The summed E-state index contributed by atoms with van der Waals surface area (Å²) in [5.74, 6) is 6.88. The predicted molar refractivity (Wildman–Crippen MR) is 81.4 cm³/mol. The Balaban J connectivity index is 2.26. The topological polar surface area (TPSA) is 81.4 Å². The first kappa shape index (κ1) is 15.8. The standard InChI is InChI=1S/C15H20N2O3S/c1-11-8-13(11)10-17-21(18,19)15-9-12(4-3-7-16)5-6-14(15)20-2/h5-6,9,11,13,17H,7-8,10,16H2,1-2H3. The molecule has 0 heterocycles. The van der Waals surface area contributed by atoms with Crippen LogP contribution < -0.4 is 15.2 Å². The van der Waals surface area contributed by atoms with Crippen LogP contribution in [0.2, 0.25) is 0 Å². The van der Waals surface area contributed by atoms with E-state index >= 15 is 0 Å². The van der Waals surface area contributed by atoms with Crippen LogP contribution in [0.25, 0.3) is 0 Å². The van der Waals surface area contributed by atoms with Gasteiger partial charge in [0.05, 0.1) is 13.7 Å². The van der Waals surface area contributed by atoms with Gasteiger partial charge >= 0.3 is 0 Å². The molecule has 1 fully saturated rings. The van der Waals surface area contributed by atoms with Gasteiger partial charge in [0.2, 0.25) is 10.0 Å². The highest BCUT2D eigenvalue weighted by Gasteiger charge is 2.33. The molecule has 3 N–H and O–H groups in total. The number of methoxy groups -OCH3 is 1. The maximum atomic E-state index is 12.4. The van der Waals surface area contributed by atoms with Crippen LogP contribution in [-0.4, -0.2) is 28.6 Å². The Hall–Kier alpha value is -1.55. The normalized spacial score (nSPS) is 20.5. The van der Waals surface area contributed by atoms with E-state index in [0.29, 0.717) is 29.7 Å². The zero-order valence-corrected chi connectivity index (χ0v) is 13.0. The van der Waals surface area contributed by atoms with Gasteiger partial charge < -0.3 is 10.5 Å². The molecule has 0 radical (unpaired) electrons. The van der Waals surface area contributed by atoms with Crippen LogP contribution in [-0.2, 0) is 10.0 Å². The maximum absolute atomic E-state index is 12.4. The SMILES string of the molecule is COc1ccc(C#CCN)cc1S(=O)(=O)NCC1CC1C. The van der Waals surface area contributed by atoms with Gasteiger partial charge in [-0.3, -0.25) is 0 Å². The Morgan fingerprint density at radius 3 is 2.76 bits per heavy atom. The van der Waals surface area contributed by atoms with E-state index < -0.39 is 10.0 Å². The first-order valence-corrected chi connectivity index (χ1v) is 8.33. The number of nitrogens with one attached hydrogen (secondary N) is 1. The van der Waals surface area contributed by atoms with Crippen LogP contribution >= 0.6 is 0 Å². The van der Waals surface area contributed by atoms with E-state index in [1.165, 1.54) is 13.2 Å². The van der Waals surface area contributed by atoms with Crippen molar-refractivity contribution < 1.29 is 13.2 Å². The summed E-state index contributed by atoms with van der Waals surface area (Å²) in [4.78, 5) is 0.113. The van der Waals surface area contributed by atoms with Gasteiger partial charge in [0.15, 0.2) is 0 Å². The summed E-state index contributed by atoms with van der Waals surface area (Å²) in [5, 5.41) is 0. The number of ether oxygens (including phenoxy) is 1. The van der Waals surface area contributed by atoms with Crippen molar-refractivity contribution in [2.24, 2.45) is 17.6 Å². The summed E-state index contributed by atoms with van der Waals surface area (Å²) in [6, 6.07) is 4.83. The minimum absolute atomic E-state index is 0.113. The molecule has 5 nitrogen and oxygen atoms in total. The molecule has 1 aliphatic carbocycles. The second-order valence-electron chi connectivity index (χ2n) is 5.20. The molecule has 1 aliphatic rings. The van der Waals surface area contributed by atoms with Crippen LogP contribution in [0.5, 0.6) is 5.75 Å². The lowest BCUT2D eigenvalue weighted by Gasteiger charge is -2.11. The van der Waals surface area contributed by atoms with Crippen molar-refractivity contribution in [2.45, 2.75) is 18.2 Å². The van der Waals surface area contributed by atoms with Crippen molar-refractivity contribution in [1.82, 2.24) is 4.72 Å². The smallest absolute Gasteiger partial charge is 0.244 e. The molecule has 1 aromatic carbocycles. The summed E-state index contributed by atoms with van der Waals surface area (Å²) >= 11 is 0. The monoisotopic (exact) mass is 308 g/mol. The number of sulfonamides is 1. The minimum atomic E-state index is -3.60. The lowest BCUT2D eigenvalue weighted by atomic mass is 10.2. The molecule has 114 valence electrons. The molecule has 2 atom stereocenters. The number of hydrogen-bond donors (Lipinski definition) is 2. The molecule has 0 aromatic heterocycles. The molecular formula is C15H20N2O3S. The van der Waals surface area contributed by atoms with Crippen LogP contribution in [0, 0.1) is 23.7 Å². The van der Waals surface area contributed by atoms with Gasteiger partial charge in [0.1, 0.15) is 10.6 Å². The van der Waals surface area contributed by atoms with Gasteiger partial charge in [0, 0.05) is 12.1 Å². The zero-order valence-electron chi connectivity index (χ0n) is 12.2. The van der Waals surface area contributed by atoms with Gasteiger partial charge in [-0.25, -0.2) is 13.1 Å². The number of hydrogen-bond acceptors (Lipinski definition) is 4. The largest absolute Gasteiger partial charge is 0.495 e. The van der Waals surface area contributed by atoms with Crippen molar-refractivity contribution in [1.29, 1.82) is 0 Å². The summed E-state index contributed by atoms with van der Waals surface area (Å²) in [7, 11) is -2.16. The van der Waals surface area contributed by atoms with E-state index in [1.807, 2.05) is 0 Å². The average molecular weight is 308 g/mol. The molecule has 2 rings (SSSR count). The zero-order chi connectivity index (χ0) is 15.5. The molecule has 1 aromatic rings. The van der Waals surface area contributed by atoms with Gasteiger partial charge in [-0.1, -0.05) is 18.8 Å². The maximum Gasteiger partial charge on any atom is 0.244 e. The molecule has 6 heteroatoms. The second kappa shape index (κ2) is 6.48. The summed E-state index contributed by atoms with van der Waals surface area (Å²) in [6.45, 7) is 2.81. The Kier molecular flexibility index (Phi) is 4.88.